The van der Waals surface area contributed by atoms with Gasteiger partial charge < -0.3 is 40.3 Å². The summed E-state index contributed by atoms with van der Waals surface area (Å²) < 4.78 is 51.8. The SMILES string of the molecule is Nc1ncnc2c1nc(Cl)n2[C@@H]1O[C@H](COP(=O)(O)OP(=O)(O)OP(=O)(O)O)[C@H](O)C1O. The maximum atomic E-state index is 11.8. The molecule has 0 radical (unpaired) electrons. The number of aliphatic hydroxyl groups excluding tert-OH is 2. The number of aliphatic hydroxyl groups is 2. The van der Waals surface area contributed by atoms with Crippen molar-refractivity contribution in [2.45, 2.75) is 24.5 Å². The number of aromatic nitrogens is 4. The molecular weight excluding hydrogens is 527 g/mol. The van der Waals surface area contributed by atoms with Gasteiger partial charge >= 0.3 is 23.5 Å². The molecule has 32 heavy (non-hydrogen) atoms. The Balaban J connectivity index is 1.73. The first-order valence-corrected chi connectivity index (χ1v) is 12.9. The Labute approximate surface area is 182 Å². The first-order valence-electron chi connectivity index (χ1n) is 8.04. The van der Waals surface area contributed by atoms with Crippen molar-refractivity contribution in [3.05, 3.63) is 11.6 Å². The Kier molecular flexibility index (Phi) is 7.14. The van der Waals surface area contributed by atoms with Gasteiger partial charge in [0.1, 0.15) is 24.6 Å². The quantitative estimate of drug-likeness (QED) is 0.156. The van der Waals surface area contributed by atoms with Gasteiger partial charge in [-0.05, 0) is 11.6 Å². The Morgan fingerprint density at radius 3 is 2.38 bits per heavy atom. The lowest BCUT2D eigenvalue weighted by molar-refractivity contribution is -0.0501. The van der Waals surface area contributed by atoms with Gasteiger partial charge in [-0.25, -0.2) is 28.6 Å². The van der Waals surface area contributed by atoms with E-state index < -0.39 is 54.6 Å². The predicted octanol–water partition coefficient (Wildman–Crippen LogP) is -0.976. The Morgan fingerprint density at radius 1 is 1.09 bits per heavy atom. The van der Waals surface area contributed by atoms with Crippen LogP contribution in [0.15, 0.2) is 6.33 Å². The highest BCUT2D eigenvalue weighted by Crippen LogP contribution is 2.66. The number of phosphoric acid groups is 3. The number of ether oxygens (including phenoxy) is 1. The predicted molar refractivity (Wildman–Crippen MR) is 100 cm³/mol. The first kappa shape index (κ1) is 25.6. The molecule has 1 aliphatic rings. The van der Waals surface area contributed by atoms with Crippen LogP contribution < -0.4 is 5.73 Å². The molecule has 1 fully saturated rings. The summed E-state index contributed by atoms with van der Waals surface area (Å²) in [5, 5.41) is 20.3. The highest BCUT2D eigenvalue weighted by atomic mass is 35.5. The summed E-state index contributed by atoms with van der Waals surface area (Å²) in [6, 6.07) is 0. The van der Waals surface area contributed by atoms with Crippen molar-refractivity contribution in [1.29, 1.82) is 0 Å². The number of hydrogen-bond donors (Lipinski definition) is 7. The second kappa shape index (κ2) is 8.94. The fourth-order valence-electron chi connectivity index (χ4n) is 2.68. The molecule has 0 spiro atoms. The van der Waals surface area contributed by atoms with Crippen LogP contribution in [0.25, 0.3) is 11.2 Å². The van der Waals surface area contributed by atoms with E-state index in [2.05, 4.69) is 28.1 Å². The zero-order chi connectivity index (χ0) is 24.1. The molecule has 2 aromatic rings. The molecule has 0 bridgehead atoms. The highest BCUT2D eigenvalue weighted by molar-refractivity contribution is 7.66. The molecule has 1 aliphatic heterocycles. The molecule has 0 aromatic carbocycles. The fourth-order valence-corrected chi connectivity index (χ4v) is 5.97. The smallest absolute Gasteiger partial charge is 0.387 e. The number of halogens is 1. The van der Waals surface area contributed by atoms with Crippen molar-refractivity contribution in [3.8, 4) is 0 Å². The Hall–Kier alpha value is -1.07. The van der Waals surface area contributed by atoms with Gasteiger partial charge in [0.25, 0.3) is 0 Å². The summed E-state index contributed by atoms with van der Waals surface area (Å²) in [5.41, 5.74) is 5.78. The first-order chi connectivity index (χ1) is 14.6. The summed E-state index contributed by atoms with van der Waals surface area (Å²) in [7, 11) is -16.8. The molecule has 22 heteroatoms. The summed E-state index contributed by atoms with van der Waals surface area (Å²) in [6.07, 6.45) is -5.29. The number of nitrogens with two attached hydrogens (primary N) is 1. The van der Waals surface area contributed by atoms with Gasteiger partial charge in [-0.2, -0.15) is 8.62 Å². The van der Waals surface area contributed by atoms with Gasteiger partial charge in [0.2, 0.25) is 5.28 Å². The average molecular weight is 542 g/mol. The van der Waals surface area contributed by atoms with E-state index in [9.17, 15) is 28.8 Å². The summed E-state index contributed by atoms with van der Waals surface area (Å²) >= 11 is 6.04. The van der Waals surface area contributed by atoms with Gasteiger partial charge in [0.05, 0.1) is 6.61 Å². The molecule has 3 heterocycles. The highest BCUT2D eigenvalue weighted by Gasteiger charge is 2.47. The number of phosphoric ester groups is 1. The zero-order valence-electron chi connectivity index (χ0n) is 15.2. The van der Waals surface area contributed by atoms with E-state index in [1.165, 1.54) is 0 Å². The minimum Gasteiger partial charge on any atom is -0.387 e. The van der Waals surface area contributed by atoms with Crippen LogP contribution in [0.1, 0.15) is 6.23 Å². The molecule has 8 N–H and O–H groups in total. The van der Waals surface area contributed by atoms with E-state index in [1.54, 1.807) is 0 Å². The van der Waals surface area contributed by atoms with Crippen LogP contribution in [0, 0.1) is 0 Å². The van der Waals surface area contributed by atoms with Crippen molar-refractivity contribution >= 4 is 52.1 Å². The average Bonchev–Trinajstić information content (AvgIpc) is 3.08. The van der Waals surface area contributed by atoms with Crippen LogP contribution >= 0.6 is 35.1 Å². The number of rotatable bonds is 8. The molecule has 18 nitrogen and oxygen atoms in total. The monoisotopic (exact) mass is 541 g/mol. The number of imidazole rings is 1. The van der Waals surface area contributed by atoms with Gasteiger partial charge in [0.15, 0.2) is 23.2 Å². The van der Waals surface area contributed by atoms with E-state index >= 15 is 0 Å². The van der Waals surface area contributed by atoms with E-state index in [0.717, 1.165) is 10.9 Å². The van der Waals surface area contributed by atoms with Crippen molar-refractivity contribution in [2.24, 2.45) is 0 Å². The molecule has 0 saturated carbocycles. The molecule has 0 amide bonds. The van der Waals surface area contributed by atoms with Crippen LogP contribution in [0.4, 0.5) is 5.82 Å². The molecule has 3 rings (SSSR count). The molecule has 6 atom stereocenters. The fraction of sp³-hybridized carbons (Fsp3) is 0.500. The summed E-state index contributed by atoms with van der Waals surface area (Å²) in [5.74, 6) is -0.0344. The second-order valence-electron chi connectivity index (χ2n) is 6.11. The minimum absolute atomic E-state index is 0.0344. The van der Waals surface area contributed by atoms with E-state index in [0.29, 0.717) is 0 Å². The number of nitrogen functional groups attached to an aromatic ring is 1. The minimum atomic E-state index is -5.72. The number of hydrogen-bond acceptors (Lipinski definition) is 13. The normalized spacial score (nSPS) is 28.0. The molecule has 1 saturated heterocycles. The van der Waals surface area contributed by atoms with Crippen molar-refractivity contribution in [2.75, 3.05) is 12.3 Å². The van der Waals surface area contributed by atoms with Crippen molar-refractivity contribution in [3.63, 3.8) is 0 Å². The summed E-state index contributed by atoms with van der Waals surface area (Å²) in [6.45, 7) is -1.00. The molecule has 3 unspecified atom stereocenters. The van der Waals surface area contributed by atoms with Crippen LogP contribution in [0.2, 0.25) is 5.28 Å². The number of fused-ring (bicyclic) bond motifs is 1. The molecular formula is C10H15ClN5O13P3. The number of anilines is 1. The van der Waals surface area contributed by atoms with Crippen molar-refractivity contribution < 1.29 is 61.4 Å². The standard InChI is InChI=1S/C10H15ClN5O13P3/c11-10-15-4-7(12)13-2-14-8(4)16(10)9-6(18)5(17)3(27-9)1-26-31(22,23)29-32(24,25)28-30(19,20)21/h2-3,5-6,9,17-18H,1H2,(H,22,23)(H,24,25)(H2,12,13,14)(H2,19,20,21)/t3-,5+,6?,9-/m1/s1. The van der Waals surface area contributed by atoms with Crippen LogP contribution in [0.5, 0.6) is 0 Å². The summed E-state index contributed by atoms with van der Waals surface area (Å²) in [4.78, 5) is 47.2. The zero-order valence-corrected chi connectivity index (χ0v) is 18.7. The van der Waals surface area contributed by atoms with E-state index in [-0.39, 0.29) is 22.3 Å². The third kappa shape index (κ3) is 5.70. The van der Waals surface area contributed by atoms with Crippen molar-refractivity contribution in [1.82, 2.24) is 19.5 Å². The molecule has 0 aliphatic carbocycles. The maximum Gasteiger partial charge on any atom is 0.490 e. The topological polar surface area (TPSA) is 279 Å². The Bertz CT molecular complexity index is 1160. The lowest BCUT2D eigenvalue weighted by Gasteiger charge is -2.19. The Morgan fingerprint density at radius 2 is 1.75 bits per heavy atom. The molecule has 180 valence electrons. The van der Waals surface area contributed by atoms with Crippen LogP contribution in [-0.4, -0.2) is 74.2 Å². The lowest BCUT2D eigenvalue weighted by atomic mass is 10.1. The van der Waals surface area contributed by atoms with Gasteiger partial charge in [-0.15, -0.1) is 0 Å². The van der Waals surface area contributed by atoms with E-state index in [4.69, 9.17) is 36.8 Å². The largest absolute Gasteiger partial charge is 0.490 e. The number of nitrogens with zero attached hydrogens (tertiary/aromatic N) is 4. The van der Waals surface area contributed by atoms with E-state index in [1.807, 2.05) is 0 Å². The third-order valence-corrected chi connectivity index (χ3v) is 7.94. The maximum absolute atomic E-state index is 11.8. The van der Waals surface area contributed by atoms with Crippen LogP contribution in [-0.2, 0) is 31.6 Å². The lowest BCUT2D eigenvalue weighted by Crippen LogP contribution is -2.33. The van der Waals surface area contributed by atoms with Crippen LogP contribution in [0.3, 0.4) is 0 Å². The third-order valence-electron chi connectivity index (χ3n) is 3.87. The van der Waals surface area contributed by atoms with Gasteiger partial charge in [0, 0.05) is 0 Å². The second-order valence-corrected chi connectivity index (χ2v) is 10.9. The van der Waals surface area contributed by atoms with Gasteiger partial charge in [-0.3, -0.25) is 9.09 Å². The van der Waals surface area contributed by atoms with Gasteiger partial charge in [-0.1, -0.05) is 0 Å². The molecule has 2 aromatic heterocycles.